The molecule has 124 valence electrons. The smallest absolute Gasteiger partial charge is 0.271 e. The van der Waals surface area contributed by atoms with E-state index in [-0.39, 0.29) is 11.1 Å². The van der Waals surface area contributed by atoms with Gasteiger partial charge in [0.25, 0.3) is 11.8 Å². The lowest BCUT2D eigenvalue weighted by atomic mass is 9.95. The van der Waals surface area contributed by atoms with Gasteiger partial charge in [-0.3, -0.25) is 14.5 Å². The average molecular weight is 444 g/mol. The molecule has 0 atom stereocenters. The van der Waals surface area contributed by atoms with Crippen LogP contribution in [0, 0.1) is 14.9 Å². The molecule has 2 heterocycles. The Morgan fingerprint density at radius 2 is 1.80 bits per heavy atom. The van der Waals surface area contributed by atoms with E-state index >= 15 is 0 Å². The fourth-order valence-corrected chi connectivity index (χ4v) is 2.90. The fourth-order valence-electron chi connectivity index (χ4n) is 2.54. The number of carbonyl (C=O) groups is 2. The summed E-state index contributed by atoms with van der Waals surface area (Å²) >= 11 is 2.23. The molecule has 1 aromatic heterocycles. The van der Waals surface area contributed by atoms with E-state index in [0.29, 0.717) is 17.1 Å². The Hall–Kier alpha value is -2.66. The van der Waals surface area contributed by atoms with E-state index in [9.17, 15) is 14.9 Å². The highest BCUT2D eigenvalue weighted by Crippen LogP contribution is 2.28. The van der Waals surface area contributed by atoms with Crippen LogP contribution < -0.4 is 0 Å². The molecule has 0 aliphatic carbocycles. The number of hydrogen-bond donors (Lipinski definition) is 0. The molecule has 0 bridgehead atoms. The number of benzene rings is 1. The number of rotatable bonds is 2. The molecular formula is C19H13IN2O3. The molecule has 0 radical (unpaired) electrons. The lowest BCUT2D eigenvalue weighted by Crippen LogP contribution is -2.39. The maximum Gasteiger partial charge on any atom is 0.271 e. The van der Waals surface area contributed by atoms with Gasteiger partial charge in [0.2, 0.25) is 0 Å². The fraction of sp³-hybridized carbons (Fsp3) is 0.105. The Kier molecular flexibility index (Phi) is 4.59. The van der Waals surface area contributed by atoms with Crippen molar-refractivity contribution in [3.8, 4) is 17.4 Å². The molecule has 2 amide bonds. The second-order valence-corrected chi connectivity index (χ2v) is 6.79. The molecule has 0 saturated carbocycles. The van der Waals surface area contributed by atoms with Crippen molar-refractivity contribution in [3.05, 3.63) is 62.4 Å². The van der Waals surface area contributed by atoms with E-state index < -0.39 is 11.8 Å². The number of carbonyl (C=O) groups excluding carboxylic acids is 2. The number of amides is 2. The summed E-state index contributed by atoms with van der Waals surface area (Å²) in [6, 6.07) is 13.3. The molecule has 1 aliphatic rings. The molecule has 0 unspecified atom stereocenters. The molecule has 5 nitrogen and oxygen atoms in total. The second-order valence-electron chi connectivity index (χ2n) is 5.55. The zero-order chi connectivity index (χ0) is 18.1. The number of nitriles is 1. The SMILES string of the molecule is CC1=C(C#N)C(=O)N(C)C(=O)/C1=C/c1ccc(-c2ccc(I)cc2)o1. The van der Waals surface area contributed by atoms with Gasteiger partial charge in [-0.25, -0.2) is 0 Å². The molecule has 1 aromatic carbocycles. The second kappa shape index (κ2) is 6.69. The molecule has 2 aromatic rings. The first kappa shape index (κ1) is 17.2. The Balaban J connectivity index is 2.02. The van der Waals surface area contributed by atoms with Gasteiger partial charge in [0.05, 0.1) is 0 Å². The standard InChI is InChI=1S/C19H13IN2O3/c1-11-15(18(23)22(2)19(24)16(11)10-21)9-14-7-8-17(25-14)12-3-5-13(20)6-4-12/h3-9H,1-2H3/b15-9+. The summed E-state index contributed by atoms with van der Waals surface area (Å²) in [5.74, 6) is 0.129. The molecule has 25 heavy (non-hydrogen) atoms. The summed E-state index contributed by atoms with van der Waals surface area (Å²) in [5.41, 5.74) is 1.54. The predicted molar refractivity (Wildman–Crippen MR) is 101 cm³/mol. The highest BCUT2D eigenvalue weighted by molar-refractivity contribution is 14.1. The van der Waals surface area contributed by atoms with Gasteiger partial charge in [-0.15, -0.1) is 0 Å². The van der Waals surface area contributed by atoms with Crippen LogP contribution in [0.5, 0.6) is 0 Å². The summed E-state index contributed by atoms with van der Waals surface area (Å²) < 4.78 is 6.93. The number of nitrogens with zero attached hydrogens (tertiary/aromatic N) is 2. The average Bonchev–Trinajstić information content (AvgIpc) is 3.07. The van der Waals surface area contributed by atoms with Crippen molar-refractivity contribution in [3.63, 3.8) is 0 Å². The number of halogens is 1. The molecule has 0 spiro atoms. The van der Waals surface area contributed by atoms with E-state index in [2.05, 4.69) is 22.6 Å². The minimum absolute atomic E-state index is 0.0298. The molecule has 0 fully saturated rings. The molecule has 3 rings (SSSR count). The molecule has 6 heteroatoms. The Morgan fingerprint density at radius 3 is 2.44 bits per heavy atom. The van der Waals surface area contributed by atoms with Crippen LogP contribution in [0.3, 0.4) is 0 Å². The summed E-state index contributed by atoms with van der Waals surface area (Å²) in [5, 5.41) is 9.18. The van der Waals surface area contributed by atoms with Gasteiger partial charge in [-0.2, -0.15) is 5.26 Å². The zero-order valence-corrected chi connectivity index (χ0v) is 15.7. The van der Waals surface area contributed by atoms with Gasteiger partial charge in [0.15, 0.2) is 0 Å². The van der Waals surface area contributed by atoms with Crippen LogP contribution in [-0.4, -0.2) is 23.8 Å². The lowest BCUT2D eigenvalue weighted by molar-refractivity contribution is -0.138. The van der Waals surface area contributed by atoms with Crippen molar-refractivity contribution < 1.29 is 14.0 Å². The third-order valence-electron chi connectivity index (χ3n) is 3.99. The Bertz CT molecular complexity index is 975. The lowest BCUT2D eigenvalue weighted by Gasteiger charge is -2.23. The Labute approximate surface area is 158 Å². The number of furan rings is 1. The van der Waals surface area contributed by atoms with Crippen LogP contribution in [0.1, 0.15) is 12.7 Å². The van der Waals surface area contributed by atoms with E-state index in [1.54, 1.807) is 19.1 Å². The first-order valence-electron chi connectivity index (χ1n) is 7.43. The highest BCUT2D eigenvalue weighted by atomic mass is 127. The van der Waals surface area contributed by atoms with Gasteiger partial charge in [-0.1, -0.05) is 12.1 Å². The summed E-state index contributed by atoms with van der Waals surface area (Å²) in [6.07, 6.45) is 1.56. The summed E-state index contributed by atoms with van der Waals surface area (Å²) in [6.45, 7) is 1.59. The van der Waals surface area contributed by atoms with Crippen molar-refractivity contribution in [1.29, 1.82) is 5.26 Å². The first-order chi connectivity index (χ1) is 11.9. The topological polar surface area (TPSA) is 74.3 Å². The van der Waals surface area contributed by atoms with Gasteiger partial charge in [-0.05, 0) is 65.4 Å². The van der Waals surface area contributed by atoms with Crippen molar-refractivity contribution in [2.24, 2.45) is 0 Å². The van der Waals surface area contributed by atoms with Crippen LogP contribution in [0.25, 0.3) is 17.4 Å². The maximum atomic E-state index is 12.4. The zero-order valence-electron chi connectivity index (χ0n) is 13.5. The van der Waals surface area contributed by atoms with E-state index in [0.717, 1.165) is 14.0 Å². The Morgan fingerprint density at radius 1 is 1.12 bits per heavy atom. The third-order valence-corrected chi connectivity index (χ3v) is 4.71. The van der Waals surface area contributed by atoms with Crippen LogP contribution in [0.15, 0.2) is 57.5 Å². The summed E-state index contributed by atoms with van der Waals surface area (Å²) in [4.78, 5) is 25.3. The largest absolute Gasteiger partial charge is 0.457 e. The van der Waals surface area contributed by atoms with Gasteiger partial charge >= 0.3 is 0 Å². The number of likely N-dealkylation sites (N-methyl/N-ethyl adjacent to an activating group) is 1. The van der Waals surface area contributed by atoms with E-state index in [1.807, 2.05) is 36.4 Å². The monoisotopic (exact) mass is 444 g/mol. The van der Waals surface area contributed by atoms with Crippen LogP contribution in [0.4, 0.5) is 0 Å². The van der Waals surface area contributed by atoms with E-state index in [1.165, 1.54) is 7.05 Å². The van der Waals surface area contributed by atoms with Crippen LogP contribution in [0.2, 0.25) is 0 Å². The predicted octanol–water partition coefficient (Wildman–Crippen LogP) is 3.77. The maximum absolute atomic E-state index is 12.4. The van der Waals surface area contributed by atoms with Crippen molar-refractivity contribution in [2.75, 3.05) is 7.05 Å². The normalized spacial score (nSPS) is 16.6. The van der Waals surface area contributed by atoms with Crippen LogP contribution >= 0.6 is 22.6 Å². The molecule has 0 saturated heterocycles. The van der Waals surface area contributed by atoms with Gasteiger partial charge < -0.3 is 4.42 Å². The van der Waals surface area contributed by atoms with E-state index in [4.69, 9.17) is 4.42 Å². The minimum atomic E-state index is -0.582. The molecular weight excluding hydrogens is 431 g/mol. The highest BCUT2D eigenvalue weighted by Gasteiger charge is 2.33. The number of imide groups is 1. The van der Waals surface area contributed by atoms with Gasteiger partial charge in [0, 0.05) is 21.8 Å². The van der Waals surface area contributed by atoms with Crippen molar-refractivity contribution in [1.82, 2.24) is 4.90 Å². The van der Waals surface area contributed by atoms with Crippen molar-refractivity contribution >= 4 is 40.5 Å². The first-order valence-corrected chi connectivity index (χ1v) is 8.51. The van der Waals surface area contributed by atoms with Gasteiger partial charge in [0.1, 0.15) is 23.2 Å². The van der Waals surface area contributed by atoms with Crippen molar-refractivity contribution in [2.45, 2.75) is 6.92 Å². The quantitative estimate of drug-likeness (QED) is 0.402. The summed E-state index contributed by atoms with van der Waals surface area (Å²) in [7, 11) is 1.36. The minimum Gasteiger partial charge on any atom is -0.457 e. The third kappa shape index (κ3) is 3.15. The van der Waals surface area contributed by atoms with Crippen LogP contribution in [-0.2, 0) is 9.59 Å². The molecule has 1 aliphatic heterocycles. The molecule has 0 N–H and O–H groups in total. The number of hydrogen-bond acceptors (Lipinski definition) is 4.